The molecule has 0 spiro atoms. The van der Waals surface area contributed by atoms with E-state index in [0.29, 0.717) is 6.04 Å². The third kappa shape index (κ3) is 2.40. The summed E-state index contributed by atoms with van der Waals surface area (Å²) in [7, 11) is 0. The van der Waals surface area contributed by atoms with E-state index in [1.807, 2.05) is 0 Å². The summed E-state index contributed by atoms with van der Waals surface area (Å²) in [6.07, 6.45) is 6.66. The molecule has 1 saturated carbocycles. The first-order valence-corrected chi connectivity index (χ1v) is 7.14. The van der Waals surface area contributed by atoms with Crippen molar-refractivity contribution in [1.82, 2.24) is 0 Å². The summed E-state index contributed by atoms with van der Waals surface area (Å²) in [5.41, 5.74) is 0.874. The monoisotopic (exact) mass is 260 g/mol. The van der Waals surface area contributed by atoms with Crippen molar-refractivity contribution in [2.75, 3.05) is 0 Å². The van der Waals surface area contributed by atoms with E-state index in [-0.39, 0.29) is 11.8 Å². The number of aromatic hydroxyl groups is 1. The highest BCUT2D eigenvalue weighted by molar-refractivity contribution is 5.27. The summed E-state index contributed by atoms with van der Waals surface area (Å²) >= 11 is 0. The number of quaternary nitrogens is 1. The fourth-order valence-corrected chi connectivity index (χ4v) is 3.46. The Morgan fingerprint density at radius 1 is 1.26 bits per heavy atom. The zero-order chi connectivity index (χ0) is 13.4. The van der Waals surface area contributed by atoms with E-state index < -0.39 is 6.10 Å². The number of fused-ring (bicyclic) bond motifs is 1. The molecule has 1 aromatic carbocycles. The number of nitrogens with two attached hydrogens (primary N) is 1. The number of aliphatic hydroxyl groups excluding tert-OH is 1. The van der Waals surface area contributed by atoms with Gasteiger partial charge in [-0.05, 0) is 37.0 Å². The maximum absolute atomic E-state index is 10.4. The van der Waals surface area contributed by atoms with Gasteiger partial charge in [-0.3, -0.25) is 0 Å². The third-order valence-electron chi connectivity index (χ3n) is 4.69. The van der Waals surface area contributed by atoms with Crippen LogP contribution in [0, 0.1) is 11.8 Å². The van der Waals surface area contributed by atoms with Gasteiger partial charge in [0.25, 0.3) is 0 Å². The number of aliphatic hydroxyl groups is 1. The molecule has 0 bridgehead atoms. The van der Waals surface area contributed by atoms with Crippen LogP contribution in [0.2, 0.25) is 0 Å². The molecule has 0 aliphatic heterocycles. The van der Waals surface area contributed by atoms with Crippen LogP contribution in [0.1, 0.15) is 31.4 Å². The molecule has 0 unspecified atom stereocenters. The quantitative estimate of drug-likeness (QED) is 0.716. The molecule has 4 N–H and O–H groups in total. The van der Waals surface area contributed by atoms with Crippen LogP contribution in [-0.2, 0) is 0 Å². The Morgan fingerprint density at radius 3 is 2.68 bits per heavy atom. The molecule has 3 rings (SSSR count). The first-order valence-electron chi connectivity index (χ1n) is 7.14. The second-order valence-electron chi connectivity index (χ2n) is 5.99. The molecular formula is C16H22NO2+. The fourth-order valence-electron chi connectivity index (χ4n) is 3.46. The van der Waals surface area contributed by atoms with Gasteiger partial charge in [-0.15, -0.1) is 0 Å². The molecule has 19 heavy (non-hydrogen) atoms. The molecule has 0 radical (unpaired) electrons. The number of hydrogen-bond acceptors (Lipinski definition) is 2. The summed E-state index contributed by atoms with van der Waals surface area (Å²) in [5, 5.41) is 21.9. The summed E-state index contributed by atoms with van der Waals surface area (Å²) in [4.78, 5) is 0. The van der Waals surface area contributed by atoms with Gasteiger partial charge in [0.2, 0.25) is 0 Å². The van der Waals surface area contributed by atoms with Crippen molar-refractivity contribution < 1.29 is 15.5 Å². The smallest absolute Gasteiger partial charge is 0.130 e. The van der Waals surface area contributed by atoms with Crippen LogP contribution in [0.4, 0.5) is 0 Å². The Balaban J connectivity index is 1.59. The summed E-state index contributed by atoms with van der Waals surface area (Å²) in [6, 6.07) is 7.62. The summed E-state index contributed by atoms with van der Waals surface area (Å²) in [6.45, 7) is 2.07. The Labute approximate surface area is 114 Å². The molecule has 2 aliphatic rings. The lowest BCUT2D eigenvalue weighted by Gasteiger charge is -2.39. The number of allylic oxidation sites excluding steroid dienone is 1. The van der Waals surface area contributed by atoms with Crippen LogP contribution in [0.15, 0.2) is 36.4 Å². The van der Waals surface area contributed by atoms with E-state index in [1.165, 1.54) is 12.8 Å². The van der Waals surface area contributed by atoms with Gasteiger partial charge < -0.3 is 15.5 Å². The van der Waals surface area contributed by atoms with Crippen molar-refractivity contribution in [3.8, 4) is 5.75 Å². The first kappa shape index (κ1) is 12.7. The van der Waals surface area contributed by atoms with Crippen LogP contribution < -0.4 is 5.32 Å². The van der Waals surface area contributed by atoms with Gasteiger partial charge >= 0.3 is 0 Å². The predicted octanol–water partition coefficient (Wildman–Crippen LogP) is 1.34. The average Bonchev–Trinajstić information content (AvgIpc) is 2.77. The number of benzene rings is 1. The van der Waals surface area contributed by atoms with Crippen LogP contribution in [0.3, 0.4) is 0 Å². The number of phenolic OH excluding ortho intramolecular Hbond substituents is 1. The van der Waals surface area contributed by atoms with Gasteiger partial charge in [-0.25, -0.2) is 0 Å². The summed E-state index contributed by atoms with van der Waals surface area (Å²) in [5.74, 6) is 1.82. The molecule has 1 aromatic rings. The van der Waals surface area contributed by atoms with Crippen molar-refractivity contribution in [3.63, 3.8) is 0 Å². The molecule has 0 amide bonds. The van der Waals surface area contributed by atoms with Crippen LogP contribution >= 0.6 is 0 Å². The zero-order valence-corrected chi connectivity index (χ0v) is 11.2. The molecule has 0 aromatic heterocycles. The van der Waals surface area contributed by atoms with Gasteiger partial charge in [0.05, 0.1) is 6.04 Å². The lowest BCUT2D eigenvalue weighted by molar-refractivity contribution is -0.742. The number of rotatable bonds is 4. The van der Waals surface area contributed by atoms with Gasteiger partial charge in [0, 0.05) is 12.3 Å². The molecule has 2 aliphatic carbocycles. The number of phenols is 1. The third-order valence-corrected chi connectivity index (χ3v) is 4.69. The average molecular weight is 260 g/mol. The van der Waals surface area contributed by atoms with Crippen molar-refractivity contribution in [2.45, 2.75) is 38.0 Å². The zero-order valence-electron chi connectivity index (χ0n) is 11.2. The van der Waals surface area contributed by atoms with Crippen molar-refractivity contribution in [2.24, 2.45) is 11.8 Å². The highest BCUT2D eigenvalue weighted by atomic mass is 16.3. The van der Waals surface area contributed by atoms with Crippen LogP contribution in [-0.4, -0.2) is 22.3 Å². The van der Waals surface area contributed by atoms with E-state index >= 15 is 0 Å². The largest absolute Gasteiger partial charge is 0.508 e. The molecular weight excluding hydrogens is 238 g/mol. The Morgan fingerprint density at radius 2 is 2.00 bits per heavy atom. The van der Waals surface area contributed by atoms with Gasteiger partial charge in [-0.2, -0.15) is 0 Å². The van der Waals surface area contributed by atoms with Crippen molar-refractivity contribution in [1.29, 1.82) is 0 Å². The topological polar surface area (TPSA) is 57.1 Å². The van der Waals surface area contributed by atoms with Crippen LogP contribution in [0.5, 0.6) is 5.75 Å². The van der Waals surface area contributed by atoms with Gasteiger partial charge in [-0.1, -0.05) is 24.3 Å². The number of hydrogen-bond donors (Lipinski definition) is 3. The predicted molar refractivity (Wildman–Crippen MR) is 73.6 cm³/mol. The molecule has 3 nitrogen and oxygen atoms in total. The highest BCUT2D eigenvalue weighted by Crippen LogP contribution is 2.41. The minimum atomic E-state index is -0.481. The SMILES string of the molecule is C[C@H]([NH2+][C@@H]1C[C@H]2CC=C[C@@H]21)[C@H](O)c1ccc(O)cc1. The molecule has 102 valence electrons. The molecule has 3 heteroatoms. The second-order valence-corrected chi connectivity index (χ2v) is 5.99. The van der Waals surface area contributed by atoms with Crippen LogP contribution in [0.25, 0.3) is 0 Å². The van der Waals surface area contributed by atoms with Gasteiger partial charge in [0.1, 0.15) is 17.9 Å². The first-order chi connectivity index (χ1) is 9.15. The Kier molecular flexibility index (Phi) is 3.33. The minimum Gasteiger partial charge on any atom is -0.508 e. The lowest BCUT2D eigenvalue weighted by Crippen LogP contribution is -2.98. The normalized spacial score (nSPS) is 31.6. The van der Waals surface area contributed by atoms with Crippen molar-refractivity contribution >= 4 is 0 Å². The molecule has 0 saturated heterocycles. The maximum atomic E-state index is 10.4. The second kappa shape index (κ2) is 4.99. The lowest BCUT2D eigenvalue weighted by atomic mass is 9.71. The molecule has 5 atom stereocenters. The van der Waals surface area contributed by atoms with E-state index in [4.69, 9.17) is 0 Å². The van der Waals surface area contributed by atoms with E-state index in [2.05, 4.69) is 24.4 Å². The van der Waals surface area contributed by atoms with E-state index in [0.717, 1.165) is 17.4 Å². The van der Waals surface area contributed by atoms with Crippen molar-refractivity contribution in [3.05, 3.63) is 42.0 Å². The molecule has 1 fully saturated rings. The minimum absolute atomic E-state index is 0.143. The summed E-state index contributed by atoms with van der Waals surface area (Å²) < 4.78 is 0. The maximum Gasteiger partial charge on any atom is 0.130 e. The Hall–Kier alpha value is -1.32. The highest BCUT2D eigenvalue weighted by Gasteiger charge is 2.45. The standard InChI is InChI=1S/C16H21NO2/c1-10(16(19)11-5-7-13(18)8-6-11)17-15-9-12-3-2-4-14(12)15/h2,4-8,10,12,14-19H,3,9H2,1H3/p+1/t10-,12+,14-,15+,16-/m0/s1. The van der Waals surface area contributed by atoms with Gasteiger partial charge in [0.15, 0.2) is 0 Å². The molecule has 0 heterocycles. The van der Waals surface area contributed by atoms with E-state index in [1.54, 1.807) is 24.3 Å². The Bertz CT molecular complexity index is 468. The van der Waals surface area contributed by atoms with E-state index in [9.17, 15) is 10.2 Å². The fraction of sp³-hybridized carbons (Fsp3) is 0.500.